The highest BCUT2D eigenvalue weighted by molar-refractivity contribution is 5.27. The maximum atomic E-state index is 2.50. The fourth-order valence-electron chi connectivity index (χ4n) is 3.19. The molecule has 0 heteroatoms. The third kappa shape index (κ3) is 2.95. The van der Waals surface area contributed by atoms with Gasteiger partial charge in [-0.25, -0.2) is 0 Å². The number of hydrogen-bond acceptors (Lipinski definition) is 0. The van der Waals surface area contributed by atoms with Gasteiger partial charge in [-0.3, -0.25) is 0 Å². The molecule has 0 aromatic heterocycles. The lowest BCUT2D eigenvalue weighted by molar-refractivity contribution is 0.206. The smallest absolute Gasteiger partial charge is 0.00908 e. The van der Waals surface area contributed by atoms with Gasteiger partial charge in [0, 0.05) is 0 Å². The van der Waals surface area contributed by atoms with Crippen LogP contribution in [0.4, 0.5) is 0 Å². The van der Waals surface area contributed by atoms with Crippen molar-refractivity contribution in [2.45, 2.75) is 74.1 Å². The molecular formula is C17H32. The van der Waals surface area contributed by atoms with E-state index in [1.165, 1.54) is 25.7 Å². The molecule has 0 nitrogen and oxygen atoms in total. The lowest BCUT2D eigenvalue weighted by atomic mass is 9.63. The zero-order valence-corrected chi connectivity index (χ0v) is 13.1. The summed E-state index contributed by atoms with van der Waals surface area (Å²) in [6.07, 6.45) is 5.42. The first-order chi connectivity index (χ1) is 7.82. The van der Waals surface area contributed by atoms with E-state index in [0.717, 1.165) is 17.8 Å². The third-order valence-electron chi connectivity index (χ3n) is 5.52. The zero-order chi connectivity index (χ0) is 13.2. The Morgan fingerprint density at radius 2 is 1.94 bits per heavy atom. The van der Waals surface area contributed by atoms with E-state index >= 15 is 0 Å². The van der Waals surface area contributed by atoms with Crippen molar-refractivity contribution in [3.63, 3.8) is 0 Å². The van der Waals surface area contributed by atoms with E-state index < -0.39 is 0 Å². The number of rotatable bonds is 5. The predicted octanol–water partition coefficient (Wildman–Crippen LogP) is 5.83. The first-order valence-electron chi connectivity index (χ1n) is 7.53. The molecule has 1 aliphatic carbocycles. The van der Waals surface area contributed by atoms with Crippen LogP contribution in [-0.4, -0.2) is 0 Å². The Morgan fingerprint density at radius 1 is 1.35 bits per heavy atom. The number of allylic oxidation sites excluding steroid dienone is 2. The van der Waals surface area contributed by atoms with Crippen molar-refractivity contribution in [3.05, 3.63) is 11.1 Å². The Kier molecular flexibility index (Phi) is 4.86. The van der Waals surface area contributed by atoms with Gasteiger partial charge in [-0.2, -0.15) is 0 Å². The van der Waals surface area contributed by atoms with E-state index in [2.05, 4.69) is 48.5 Å². The Morgan fingerprint density at radius 3 is 2.24 bits per heavy atom. The van der Waals surface area contributed by atoms with Crippen LogP contribution in [0.2, 0.25) is 0 Å². The van der Waals surface area contributed by atoms with E-state index in [0.29, 0.717) is 5.41 Å². The normalized spacial score (nSPS) is 28.6. The van der Waals surface area contributed by atoms with Gasteiger partial charge in [0.2, 0.25) is 0 Å². The molecular weight excluding hydrogens is 204 g/mol. The van der Waals surface area contributed by atoms with E-state index in [1.807, 2.05) is 0 Å². The fourth-order valence-corrected chi connectivity index (χ4v) is 3.19. The van der Waals surface area contributed by atoms with Crippen LogP contribution in [0.3, 0.4) is 0 Å². The molecule has 0 aromatic rings. The van der Waals surface area contributed by atoms with Crippen molar-refractivity contribution in [3.8, 4) is 0 Å². The SMILES string of the molecule is CCC(C)CC(C)(C(C)=C1CCC1C)C(C)C. The molecule has 1 rings (SSSR count). The van der Waals surface area contributed by atoms with Crippen LogP contribution in [0, 0.1) is 23.2 Å². The summed E-state index contributed by atoms with van der Waals surface area (Å²) in [5.41, 5.74) is 3.90. The molecule has 100 valence electrons. The van der Waals surface area contributed by atoms with Gasteiger partial charge in [0.25, 0.3) is 0 Å². The third-order valence-corrected chi connectivity index (χ3v) is 5.52. The molecule has 0 heterocycles. The molecule has 3 unspecified atom stereocenters. The summed E-state index contributed by atoms with van der Waals surface area (Å²) in [6.45, 7) is 16.8. The minimum absolute atomic E-state index is 0.416. The zero-order valence-electron chi connectivity index (χ0n) is 13.1. The Hall–Kier alpha value is -0.260. The van der Waals surface area contributed by atoms with Crippen molar-refractivity contribution in [2.75, 3.05) is 0 Å². The average molecular weight is 236 g/mol. The summed E-state index contributed by atoms with van der Waals surface area (Å²) >= 11 is 0. The summed E-state index contributed by atoms with van der Waals surface area (Å²) in [5.74, 6) is 2.44. The molecule has 1 aliphatic rings. The second-order valence-corrected chi connectivity index (χ2v) is 6.88. The second kappa shape index (κ2) is 5.59. The van der Waals surface area contributed by atoms with Crippen LogP contribution in [-0.2, 0) is 0 Å². The maximum absolute atomic E-state index is 2.50. The summed E-state index contributed by atoms with van der Waals surface area (Å²) in [6, 6.07) is 0. The molecule has 3 atom stereocenters. The molecule has 0 radical (unpaired) electrons. The molecule has 1 fully saturated rings. The van der Waals surface area contributed by atoms with Crippen LogP contribution in [0.25, 0.3) is 0 Å². The van der Waals surface area contributed by atoms with Crippen LogP contribution in [0.15, 0.2) is 11.1 Å². The Labute approximate surface area is 109 Å². The maximum Gasteiger partial charge on any atom is -0.00908 e. The molecule has 1 saturated carbocycles. The van der Waals surface area contributed by atoms with Crippen LogP contribution < -0.4 is 0 Å². The summed E-state index contributed by atoms with van der Waals surface area (Å²) < 4.78 is 0. The Bertz CT molecular complexity index is 284. The topological polar surface area (TPSA) is 0 Å². The van der Waals surface area contributed by atoms with E-state index in [9.17, 15) is 0 Å². The summed E-state index contributed by atoms with van der Waals surface area (Å²) in [5, 5.41) is 0. The molecule has 0 spiro atoms. The van der Waals surface area contributed by atoms with Crippen molar-refractivity contribution in [1.82, 2.24) is 0 Å². The van der Waals surface area contributed by atoms with Gasteiger partial charge in [-0.15, -0.1) is 0 Å². The van der Waals surface area contributed by atoms with Gasteiger partial charge >= 0.3 is 0 Å². The van der Waals surface area contributed by atoms with Crippen molar-refractivity contribution in [2.24, 2.45) is 23.2 Å². The minimum Gasteiger partial charge on any atom is -0.0679 e. The average Bonchev–Trinajstić information content (AvgIpc) is 2.26. The summed E-state index contributed by atoms with van der Waals surface area (Å²) in [7, 11) is 0. The molecule has 0 amide bonds. The molecule has 0 aromatic carbocycles. The van der Waals surface area contributed by atoms with Gasteiger partial charge in [-0.05, 0) is 49.4 Å². The fraction of sp³-hybridized carbons (Fsp3) is 0.882. The van der Waals surface area contributed by atoms with E-state index in [-0.39, 0.29) is 0 Å². The number of hydrogen-bond donors (Lipinski definition) is 0. The molecule has 0 saturated heterocycles. The van der Waals surface area contributed by atoms with Gasteiger partial charge in [0.05, 0.1) is 0 Å². The highest BCUT2D eigenvalue weighted by Gasteiger charge is 2.35. The van der Waals surface area contributed by atoms with Crippen molar-refractivity contribution < 1.29 is 0 Å². The van der Waals surface area contributed by atoms with Gasteiger partial charge in [0.1, 0.15) is 0 Å². The molecule has 0 bridgehead atoms. The standard InChI is InChI=1S/C17H32/c1-8-13(4)11-17(7,12(2)3)15(6)16-10-9-14(16)5/h12-14H,8-11H2,1-7H3. The predicted molar refractivity (Wildman–Crippen MR) is 78.1 cm³/mol. The van der Waals surface area contributed by atoms with E-state index in [1.54, 1.807) is 11.1 Å². The quantitative estimate of drug-likeness (QED) is 0.527. The van der Waals surface area contributed by atoms with Gasteiger partial charge in [0.15, 0.2) is 0 Å². The highest BCUT2D eigenvalue weighted by Crippen LogP contribution is 2.48. The monoisotopic (exact) mass is 236 g/mol. The van der Waals surface area contributed by atoms with E-state index in [4.69, 9.17) is 0 Å². The Balaban J connectivity index is 2.95. The summed E-state index contributed by atoms with van der Waals surface area (Å²) in [4.78, 5) is 0. The van der Waals surface area contributed by atoms with Gasteiger partial charge in [-0.1, -0.05) is 59.1 Å². The van der Waals surface area contributed by atoms with Crippen LogP contribution >= 0.6 is 0 Å². The molecule has 0 N–H and O–H groups in total. The lowest BCUT2D eigenvalue weighted by Crippen LogP contribution is -2.31. The molecule has 0 aliphatic heterocycles. The van der Waals surface area contributed by atoms with Gasteiger partial charge < -0.3 is 0 Å². The lowest BCUT2D eigenvalue weighted by Gasteiger charge is -2.42. The first kappa shape index (κ1) is 14.8. The second-order valence-electron chi connectivity index (χ2n) is 6.88. The highest BCUT2D eigenvalue weighted by atomic mass is 14.4. The minimum atomic E-state index is 0.416. The van der Waals surface area contributed by atoms with Crippen LogP contribution in [0.5, 0.6) is 0 Å². The van der Waals surface area contributed by atoms with Crippen LogP contribution in [0.1, 0.15) is 74.1 Å². The van der Waals surface area contributed by atoms with Crippen molar-refractivity contribution in [1.29, 1.82) is 0 Å². The largest absolute Gasteiger partial charge is 0.0679 e. The molecule has 17 heavy (non-hydrogen) atoms. The first-order valence-corrected chi connectivity index (χ1v) is 7.53. The van der Waals surface area contributed by atoms with Crippen molar-refractivity contribution >= 4 is 0 Å².